The minimum Gasteiger partial charge on any atom is -0.343 e. The first kappa shape index (κ1) is 41.4. The summed E-state index contributed by atoms with van der Waals surface area (Å²) in [6.07, 6.45) is 4.16. The van der Waals surface area contributed by atoms with Crippen LogP contribution >= 0.6 is 0 Å². The Kier molecular flexibility index (Phi) is 15.4. The van der Waals surface area contributed by atoms with Crippen LogP contribution in [-0.2, 0) is 36.8 Å². The van der Waals surface area contributed by atoms with Gasteiger partial charge in [-0.3, -0.25) is 24.0 Å². The van der Waals surface area contributed by atoms with Crippen molar-refractivity contribution in [3.05, 3.63) is 71.8 Å². The van der Waals surface area contributed by atoms with Crippen LogP contribution in [0, 0.1) is 11.3 Å². The minimum atomic E-state index is -0.997. The molecule has 2 heterocycles. The number of nitrogens with one attached hydrogen (secondary N) is 3. The molecule has 2 aromatic carbocycles. The number of rotatable bonds is 18. The van der Waals surface area contributed by atoms with Crippen LogP contribution in [0.4, 0.5) is 0 Å². The van der Waals surface area contributed by atoms with Gasteiger partial charge < -0.3 is 43.0 Å². The van der Waals surface area contributed by atoms with Crippen molar-refractivity contribution in [1.82, 2.24) is 25.8 Å². The number of hydrogen-bond donors (Lipinski definition) is 6. The van der Waals surface area contributed by atoms with Crippen molar-refractivity contribution in [3.8, 4) is 0 Å². The third kappa shape index (κ3) is 12.1. The zero-order valence-corrected chi connectivity index (χ0v) is 31.6. The maximum Gasteiger partial charge on any atom is 0.245 e. The smallest absolute Gasteiger partial charge is 0.245 e. The molecule has 9 N–H and O–H groups in total. The van der Waals surface area contributed by atoms with Gasteiger partial charge in [0.2, 0.25) is 29.5 Å². The summed E-state index contributed by atoms with van der Waals surface area (Å²) < 4.78 is 0. The van der Waals surface area contributed by atoms with Gasteiger partial charge in [-0.2, -0.15) is 0 Å². The molecule has 13 nitrogen and oxygen atoms in total. The number of unbranched alkanes of at least 4 members (excludes halogenated alkanes) is 1. The Balaban J connectivity index is 1.43. The summed E-state index contributed by atoms with van der Waals surface area (Å²) in [6, 6.07) is 14.6. The van der Waals surface area contributed by atoms with Gasteiger partial charge in [0.25, 0.3) is 0 Å². The summed E-state index contributed by atoms with van der Waals surface area (Å²) in [5.41, 5.74) is 19.5. The summed E-state index contributed by atoms with van der Waals surface area (Å²) in [7, 11) is 0. The molecule has 5 amide bonds. The second-order valence-corrected chi connectivity index (χ2v) is 15.4. The molecule has 5 atom stereocenters. The molecular formula is C40H60N8O5. The molecule has 2 saturated heterocycles. The van der Waals surface area contributed by atoms with Gasteiger partial charge in [-0.1, -0.05) is 74.5 Å². The van der Waals surface area contributed by atoms with Crippen LogP contribution in [0.1, 0.15) is 70.4 Å². The summed E-state index contributed by atoms with van der Waals surface area (Å²) >= 11 is 0. The molecule has 0 bridgehead atoms. The van der Waals surface area contributed by atoms with E-state index in [4.69, 9.17) is 17.2 Å². The van der Waals surface area contributed by atoms with E-state index in [2.05, 4.69) is 16.0 Å². The highest BCUT2D eigenvalue weighted by molar-refractivity contribution is 5.95. The fourth-order valence-corrected chi connectivity index (χ4v) is 7.24. The number of benzene rings is 2. The summed E-state index contributed by atoms with van der Waals surface area (Å²) in [6.45, 7) is 8.42. The molecule has 2 fully saturated rings. The van der Waals surface area contributed by atoms with Crippen molar-refractivity contribution in [2.24, 2.45) is 28.5 Å². The Bertz CT molecular complexity index is 1510. The van der Waals surface area contributed by atoms with Crippen molar-refractivity contribution in [3.63, 3.8) is 0 Å². The van der Waals surface area contributed by atoms with Crippen LogP contribution in [0.5, 0.6) is 0 Å². The molecule has 53 heavy (non-hydrogen) atoms. The van der Waals surface area contributed by atoms with E-state index in [1.54, 1.807) is 16.7 Å². The number of hydrogen-bond acceptors (Lipinski definition) is 8. The van der Waals surface area contributed by atoms with Crippen molar-refractivity contribution < 1.29 is 24.0 Å². The van der Waals surface area contributed by atoms with E-state index in [9.17, 15) is 24.0 Å². The molecule has 2 aliphatic rings. The monoisotopic (exact) mass is 732 g/mol. The van der Waals surface area contributed by atoms with Crippen molar-refractivity contribution in [2.45, 2.75) is 102 Å². The lowest BCUT2D eigenvalue weighted by molar-refractivity contribution is -0.153. The van der Waals surface area contributed by atoms with Gasteiger partial charge in [-0.15, -0.1) is 0 Å². The minimum absolute atomic E-state index is 0.0362. The number of nitrogens with two attached hydrogens (primary N) is 3. The molecule has 0 aromatic heterocycles. The standard InChI is InChI=1S/C40H60N8O5/c1-27(2)22-33(46-37(51)34(24-30-14-8-5-9-15-30)45-35(49)31(43)23-29-12-6-4-7-13-29)36(50)44-32(16-10-11-19-41)39(53)48-25-40(26-48)17-20-47(21-18-40)38(52)28(3)42/h4-9,12-15,27-28,31-34H,10-11,16-26,41-43H2,1-3H3,(H,44,50)(H,45,49)(H,46,51)/t28-,31-,32-,33-,34-/m1/s1. The maximum absolute atomic E-state index is 14.0. The highest BCUT2D eigenvalue weighted by atomic mass is 16.2. The Hall–Kier alpha value is -4.33. The Morgan fingerprint density at radius 3 is 1.75 bits per heavy atom. The molecule has 2 aliphatic heterocycles. The van der Waals surface area contributed by atoms with E-state index in [-0.39, 0.29) is 29.6 Å². The number of carbonyl (C=O) groups is 5. The Morgan fingerprint density at radius 2 is 1.21 bits per heavy atom. The first-order valence-corrected chi connectivity index (χ1v) is 19.1. The quantitative estimate of drug-likeness (QED) is 0.123. The van der Waals surface area contributed by atoms with Gasteiger partial charge in [0.1, 0.15) is 18.1 Å². The zero-order valence-electron chi connectivity index (χ0n) is 31.6. The topological polar surface area (TPSA) is 206 Å². The van der Waals surface area contributed by atoms with Gasteiger partial charge in [-0.25, -0.2) is 0 Å². The van der Waals surface area contributed by atoms with Crippen molar-refractivity contribution in [1.29, 1.82) is 0 Å². The van der Waals surface area contributed by atoms with E-state index in [1.807, 2.05) is 74.5 Å². The molecule has 290 valence electrons. The Morgan fingerprint density at radius 1 is 0.679 bits per heavy atom. The molecule has 0 aliphatic carbocycles. The molecule has 1 spiro atoms. The molecule has 0 unspecified atom stereocenters. The predicted molar refractivity (Wildman–Crippen MR) is 205 cm³/mol. The first-order chi connectivity index (χ1) is 25.3. The highest BCUT2D eigenvalue weighted by Gasteiger charge is 2.48. The normalized spacial score (nSPS) is 17.9. The second-order valence-electron chi connectivity index (χ2n) is 15.4. The van der Waals surface area contributed by atoms with Gasteiger partial charge in [0, 0.05) is 38.0 Å². The van der Waals surface area contributed by atoms with Crippen LogP contribution in [0.3, 0.4) is 0 Å². The lowest BCUT2D eigenvalue weighted by atomic mass is 9.71. The first-order valence-electron chi connectivity index (χ1n) is 19.1. The zero-order chi connectivity index (χ0) is 38.5. The molecule has 0 saturated carbocycles. The number of piperidine rings is 1. The lowest BCUT2D eigenvalue weighted by Crippen LogP contribution is -2.66. The average Bonchev–Trinajstić information content (AvgIpc) is 3.12. The lowest BCUT2D eigenvalue weighted by Gasteiger charge is -2.54. The fourth-order valence-electron chi connectivity index (χ4n) is 7.24. The van der Waals surface area contributed by atoms with Crippen LogP contribution in [0.2, 0.25) is 0 Å². The van der Waals surface area contributed by atoms with E-state index in [0.717, 1.165) is 24.0 Å². The number of carbonyl (C=O) groups excluding carboxylic acids is 5. The van der Waals surface area contributed by atoms with Gasteiger partial charge in [-0.05, 0) is 75.5 Å². The summed E-state index contributed by atoms with van der Waals surface area (Å²) in [5.74, 6) is -1.63. The third-order valence-electron chi connectivity index (χ3n) is 10.3. The third-order valence-corrected chi connectivity index (χ3v) is 10.3. The summed E-state index contributed by atoms with van der Waals surface area (Å²) in [5, 5.41) is 8.72. The van der Waals surface area contributed by atoms with Crippen LogP contribution in [-0.4, -0.2) is 102 Å². The van der Waals surface area contributed by atoms with Crippen molar-refractivity contribution >= 4 is 29.5 Å². The average molecular weight is 733 g/mol. The van der Waals surface area contributed by atoms with E-state index >= 15 is 0 Å². The molecule has 4 rings (SSSR count). The van der Waals surface area contributed by atoms with E-state index in [0.29, 0.717) is 64.8 Å². The van der Waals surface area contributed by atoms with Gasteiger partial charge in [0.15, 0.2) is 0 Å². The highest BCUT2D eigenvalue weighted by Crippen LogP contribution is 2.41. The summed E-state index contributed by atoms with van der Waals surface area (Å²) in [4.78, 5) is 71.1. The van der Waals surface area contributed by atoms with E-state index in [1.165, 1.54) is 0 Å². The van der Waals surface area contributed by atoms with Crippen LogP contribution < -0.4 is 33.2 Å². The molecule has 0 radical (unpaired) electrons. The number of amides is 5. The fraction of sp³-hybridized carbons (Fsp3) is 0.575. The largest absolute Gasteiger partial charge is 0.343 e. The molecule has 13 heteroatoms. The van der Waals surface area contributed by atoms with Gasteiger partial charge >= 0.3 is 0 Å². The number of nitrogens with zero attached hydrogens (tertiary/aromatic N) is 2. The molecular weight excluding hydrogens is 672 g/mol. The Labute approximate surface area is 314 Å². The van der Waals surface area contributed by atoms with Crippen LogP contribution in [0.25, 0.3) is 0 Å². The second kappa shape index (κ2) is 19.7. The predicted octanol–water partition coefficient (Wildman–Crippen LogP) is 1.23. The molecule has 2 aromatic rings. The van der Waals surface area contributed by atoms with Gasteiger partial charge in [0.05, 0.1) is 12.1 Å². The maximum atomic E-state index is 14.0. The van der Waals surface area contributed by atoms with Crippen LogP contribution in [0.15, 0.2) is 60.7 Å². The van der Waals surface area contributed by atoms with E-state index < -0.39 is 47.9 Å². The van der Waals surface area contributed by atoms with Crippen molar-refractivity contribution in [2.75, 3.05) is 32.7 Å². The SMILES string of the molecule is CC(C)C[C@@H](NC(=O)[C@@H](Cc1ccccc1)NC(=O)[C@H](N)Cc1ccccc1)C(=O)N[C@H](CCCCN)C(=O)N1CC2(CCN(C(=O)[C@@H](C)N)CC2)C1. The number of likely N-dealkylation sites (tertiary alicyclic amines) is 2.